The van der Waals surface area contributed by atoms with Crippen LogP contribution in [0.5, 0.6) is 0 Å². The zero-order valence-corrected chi connectivity index (χ0v) is 13.9. The van der Waals surface area contributed by atoms with Crippen LogP contribution in [0, 0.1) is 22.7 Å². The lowest BCUT2D eigenvalue weighted by Crippen LogP contribution is -1.75. The maximum absolute atomic E-state index is 8.93. The quantitative estimate of drug-likeness (QED) is 0.519. The number of rotatable bonds is 2. The minimum Gasteiger partial charge on any atom is -0.226 e. The van der Waals surface area contributed by atoms with Crippen LogP contribution in [0.1, 0.15) is 10.0 Å². The smallest absolute Gasteiger partial charge is 0.195 e. The molecule has 4 rings (SSSR count). The van der Waals surface area contributed by atoms with Crippen molar-refractivity contribution < 1.29 is 0 Å². The van der Waals surface area contributed by atoms with Gasteiger partial charge in [-0.3, -0.25) is 0 Å². The van der Waals surface area contributed by atoms with Crippen LogP contribution in [0.25, 0.3) is 20.4 Å². The molecule has 7 heteroatoms. The molecule has 0 radical (unpaired) electrons. The van der Waals surface area contributed by atoms with Gasteiger partial charge < -0.3 is 0 Å². The summed E-state index contributed by atoms with van der Waals surface area (Å²) in [5.41, 5.74) is 1.71. The van der Waals surface area contributed by atoms with E-state index in [1.165, 1.54) is 22.7 Å². The first kappa shape index (κ1) is 14.2. The molecule has 0 spiro atoms. The molecule has 2 heterocycles. The second kappa shape index (κ2) is 5.64. The van der Waals surface area contributed by atoms with Crippen molar-refractivity contribution in [2.24, 2.45) is 0 Å². The third-order valence-electron chi connectivity index (χ3n) is 3.15. The molecule has 2 aromatic carbocycles. The number of aromatic nitrogens is 2. The molecule has 2 aromatic heterocycles. The van der Waals surface area contributed by atoms with Gasteiger partial charge in [0.1, 0.15) is 12.1 Å². The van der Waals surface area contributed by atoms with Gasteiger partial charge in [0.15, 0.2) is 10.0 Å². The molecule has 0 atom stereocenters. The normalized spacial score (nSPS) is 10.7. The van der Waals surface area contributed by atoms with E-state index in [2.05, 4.69) is 34.2 Å². The van der Waals surface area contributed by atoms with Gasteiger partial charge in [-0.25, -0.2) is 9.97 Å². The summed E-state index contributed by atoms with van der Waals surface area (Å²) >= 11 is 4.45. The summed E-state index contributed by atoms with van der Waals surface area (Å²) in [5, 5.41) is 18.8. The fourth-order valence-electron chi connectivity index (χ4n) is 2.17. The van der Waals surface area contributed by atoms with E-state index < -0.39 is 0 Å². The van der Waals surface area contributed by atoms with Crippen molar-refractivity contribution in [1.29, 1.82) is 10.5 Å². The number of hydrogen-bond donors (Lipinski definition) is 0. The summed E-state index contributed by atoms with van der Waals surface area (Å²) in [6.45, 7) is 0. The van der Waals surface area contributed by atoms with Crippen LogP contribution < -0.4 is 0 Å². The molecule has 0 N–H and O–H groups in total. The third kappa shape index (κ3) is 2.66. The number of thiazole rings is 2. The van der Waals surface area contributed by atoms with E-state index >= 15 is 0 Å². The average Bonchev–Trinajstić information content (AvgIpc) is 3.16. The maximum Gasteiger partial charge on any atom is 0.195 e. The van der Waals surface area contributed by atoms with Crippen molar-refractivity contribution in [3.63, 3.8) is 0 Å². The van der Waals surface area contributed by atoms with E-state index in [-0.39, 0.29) is 0 Å². The van der Waals surface area contributed by atoms with Gasteiger partial charge in [-0.2, -0.15) is 10.5 Å². The summed E-state index contributed by atoms with van der Waals surface area (Å²) in [6.07, 6.45) is 0. The van der Waals surface area contributed by atoms with Gasteiger partial charge in [0.2, 0.25) is 0 Å². The Morgan fingerprint density at radius 2 is 1.26 bits per heavy atom. The molecule has 4 aromatic rings. The lowest BCUT2D eigenvalue weighted by Gasteiger charge is -2.01. The molecule has 0 aliphatic heterocycles. The fourth-order valence-corrected chi connectivity index (χ4v) is 4.82. The van der Waals surface area contributed by atoms with E-state index in [4.69, 9.17) is 10.5 Å². The standard InChI is InChI=1S/C16H6N4S3/c17-7-15-19-11-3-1-9(5-13(11)22-15)21-10-2-4-12-14(6-10)23-16(8-18)20-12/h1-6H. The van der Waals surface area contributed by atoms with Gasteiger partial charge in [0, 0.05) is 9.79 Å². The Hall–Kier alpha value is -2.45. The van der Waals surface area contributed by atoms with Crippen molar-refractivity contribution in [3.05, 3.63) is 46.4 Å². The average molecular weight is 350 g/mol. The van der Waals surface area contributed by atoms with Crippen LogP contribution in [0.4, 0.5) is 0 Å². The fraction of sp³-hybridized carbons (Fsp3) is 0. The van der Waals surface area contributed by atoms with Crippen molar-refractivity contribution in [2.45, 2.75) is 9.79 Å². The first-order chi connectivity index (χ1) is 11.2. The summed E-state index contributed by atoms with van der Waals surface area (Å²) in [7, 11) is 0. The predicted octanol–water partition coefficient (Wildman–Crippen LogP) is 4.80. The molecule has 0 aliphatic carbocycles. The minimum atomic E-state index is 0.484. The molecule has 0 unspecified atom stereocenters. The van der Waals surface area contributed by atoms with Crippen molar-refractivity contribution in [1.82, 2.24) is 9.97 Å². The molecule has 0 fully saturated rings. The van der Waals surface area contributed by atoms with Gasteiger partial charge in [0.25, 0.3) is 0 Å². The van der Waals surface area contributed by atoms with Crippen LogP contribution in [0.2, 0.25) is 0 Å². The highest BCUT2D eigenvalue weighted by Crippen LogP contribution is 2.34. The number of nitrogens with zero attached hydrogens (tertiary/aromatic N) is 4. The largest absolute Gasteiger partial charge is 0.226 e. The Labute approximate surface area is 143 Å². The van der Waals surface area contributed by atoms with E-state index in [0.717, 1.165) is 30.2 Å². The minimum absolute atomic E-state index is 0.484. The van der Waals surface area contributed by atoms with Crippen LogP contribution in [-0.2, 0) is 0 Å². The first-order valence-corrected chi connectivity index (χ1v) is 8.99. The van der Waals surface area contributed by atoms with Crippen LogP contribution in [0.3, 0.4) is 0 Å². The van der Waals surface area contributed by atoms with Crippen molar-refractivity contribution in [2.75, 3.05) is 0 Å². The Balaban J connectivity index is 1.69. The van der Waals surface area contributed by atoms with Crippen LogP contribution in [-0.4, -0.2) is 9.97 Å². The zero-order valence-electron chi connectivity index (χ0n) is 11.5. The maximum atomic E-state index is 8.93. The van der Waals surface area contributed by atoms with Gasteiger partial charge in [-0.15, -0.1) is 22.7 Å². The number of nitriles is 2. The first-order valence-electron chi connectivity index (χ1n) is 6.54. The zero-order chi connectivity index (χ0) is 15.8. The Bertz CT molecular complexity index is 1040. The van der Waals surface area contributed by atoms with Gasteiger partial charge in [-0.1, -0.05) is 11.8 Å². The molecule has 4 nitrogen and oxygen atoms in total. The topological polar surface area (TPSA) is 73.4 Å². The monoisotopic (exact) mass is 350 g/mol. The highest BCUT2D eigenvalue weighted by molar-refractivity contribution is 7.99. The van der Waals surface area contributed by atoms with E-state index in [1.807, 2.05) is 24.3 Å². The molecular weight excluding hydrogens is 344 g/mol. The van der Waals surface area contributed by atoms with E-state index in [1.54, 1.807) is 11.8 Å². The predicted molar refractivity (Wildman–Crippen MR) is 92.8 cm³/mol. The molecule has 0 amide bonds. The van der Waals surface area contributed by atoms with Gasteiger partial charge >= 0.3 is 0 Å². The van der Waals surface area contributed by atoms with Crippen molar-refractivity contribution in [3.8, 4) is 12.1 Å². The summed E-state index contributed by atoms with van der Waals surface area (Å²) in [4.78, 5) is 10.7. The second-order valence-electron chi connectivity index (χ2n) is 4.62. The molecule has 23 heavy (non-hydrogen) atoms. The third-order valence-corrected chi connectivity index (χ3v) is 5.97. The summed E-state index contributed by atoms with van der Waals surface area (Å²) in [5.74, 6) is 0. The number of fused-ring (bicyclic) bond motifs is 2. The van der Waals surface area contributed by atoms with E-state index in [0.29, 0.717) is 10.0 Å². The highest BCUT2D eigenvalue weighted by atomic mass is 32.2. The molecular formula is C16H6N4S3. The number of benzene rings is 2. The summed E-state index contributed by atoms with van der Waals surface area (Å²) in [6, 6.07) is 16.2. The van der Waals surface area contributed by atoms with Gasteiger partial charge in [0.05, 0.1) is 20.4 Å². The van der Waals surface area contributed by atoms with Crippen molar-refractivity contribution >= 4 is 54.9 Å². The number of hydrogen-bond acceptors (Lipinski definition) is 7. The SMILES string of the molecule is N#Cc1nc2ccc(Sc3ccc4nc(C#N)sc4c3)cc2s1. The molecule has 0 bridgehead atoms. The molecule has 108 valence electrons. The molecule has 0 saturated carbocycles. The van der Waals surface area contributed by atoms with E-state index in [9.17, 15) is 0 Å². The second-order valence-corrected chi connectivity index (χ2v) is 7.83. The van der Waals surface area contributed by atoms with Gasteiger partial charge in [-0.05, 0) is 36.4 Å². The lowest BCUT2D eigenvalue weighted by atomic mass is 10.3. The molecule has 0 aliphatic rings. The lowest BCUT2D eigenvalue weighted by molar-refractivity contribution is 1.38. The van der Waals surface area contributed by atoms with Crippen LogP contribution >= 0.6 is 34.4 Å². The van der Waals surface area contributed by atoms with Crippen LogP contribution in [0.15, 0.2) is 46.2 Å². The highest BCUT2D eigenvalue weighted by Gasteiger charge is 2.07. The Kier molecular flexibility index (Phi) is 3.47. The molecule has 0 saturated heterocycles. The Morgan fingerprint density at radius 1 is 0.783 bits per heavy atom. The summed E-state index contributed by atoms with van der Waals surface area (Å²) < 4.78 is 2.02. The Morgan fingerprint density at radius 3 is 1.70 bits per heavy atom.